The number of rotatable bonds is 5. The lowest BCUT2D eigenvalue weighted by atomic mass is 10.1. The van der Waals surface area contributed by atoms with Gasteiger partial charge in [-0.05, 0) is 27.2 Å². The summed E-state index contributed by atoms with van der Waals surface area (Å²) in [5, 5.41) is 22.2. The summed E-state index contributed by atoms with van der Waals surface area (Å²) in [6.45, 7) is 5.48. The second-order valence-electron chi connectivity index (χ2n) is 5.36. The molecule has 0 fully saturated rings. The van der Waals surface area contributed by atoms with Crippen LogP contribution >= 0.6 is 0 Å². The van der Waals surface area contributed by atoms with Gasteiger partial charge in [0.2, 0.25) is 0 Å². The van der Waals surface area contributed by atoms with Crippen LogP contribution in [0.25, 0.3) is 0 Å². The first-order valence-corrected chi connectivity index (χ1v) is 6.38. The molecule has 0 saturated heterocycles. The molecule has 1 heterocycles. The number of aliphatic hydroxyl groups is 2. The van der Waals surface area contributed by atoms with Gasteiger partial charge in [-0.15, -0.1) is 0 Å². The number of aliphatic hydroxyl groups excluding tert-OH is 2. The van der Waals surface area contributed by atoms with Crippen LogP contribution in [0.3, 0.4) is 0 Å². The Morgan fingerprint density at radius 2 is 2.10 bits per heavy atom. The summed E-state index contributed by atoms with van der Waals surface area (Å²) in [7, 11) is 0. The fourth-order valence-electron chi connectivity index (χ4n) is 1.45. The molecule has 20 heavy (non-hydrogen) atoms. The average molecular weight is 283 g/mol. The van der Waals surface area contributed by atoms with Crippen LogP contribution in [0.4, 0.5) is 4.79 Å². The topological polar surface area (TPSA) is 105 Å². The summed E-state index contributed by atoms with van der Waals surface area (Å²) < 4.78 is 5.05. The van der Waals surface area contributed by atoms with Crippen LogP contribution in [-0.4, -0.2) is 44.5 Å². The van der Waals surface area contributed by atoms with Crippen molar-refractivity contribution in [2.75, 3.05) is 6.54 Å². The number of hydrogen-bond acceptors (Lipinski definition) is 6. The lowest BCUT2D eigenvalue weighted by molar-refractivity contribution is 0.00972. The number of ether oxygens (including phenoxy) is 1. The Hall–Kier alpha value is -1.73. The first-order chi connectivity index (χ1) is 9.29. The van der Waals surface area contributed by atoms with Crippen LogP contribution in [0.5, 0.6) is 0 Å². The van der Waals surface area contributed by atoms with Gasteiger partial charge in [0.25, 0.3) is 0 Å². The lowest BCUT2D eigenvalue weighted by Crippen LogP contribution is -2.34. The number of hydrogen-bond donors (Lipinski definition) is 3. The minimum atomic E-state index is -1.14. The number of aromatic nitrogens is 2. The van der Waals surface area contributed by atoms with Crippen molar-refractivity contribution in [2.24, 2.45) is 0 Å². The van der Waals surface area contributed by atoms with Crippen molar-refractivity contribution in [1.29, 1.82) is 0 Å². The largest absolute Gasteiger partial charge is 0.444 e. The zero-order valence-electron chi connectivity index (χ0n) is 11.9. The summed E-state index contributed by atoms with van der Waals surface area (Å²) in [4.78, 5) is 19.1. The summed E-state index contributed by atoms with van der Waals surface area (Å²) >= 11 is 0. The van der Waals surface area contributed by atoms with Gasteiger partial charge in [-0.1, -0.05) is 0 Å². The second kappa shape index (κ2) is 7.16. The van der Waals surface area contributed by atoms with Crippen molar-refractivity contribution in [3.05, 3.63) is 24.3 Å². The number of carbonyl (C=O) groups is 1. The van der Waals surface area contributed by atoms with E-state index in [1.807, 2.05) is 0 Å². The highest BCUT2D eigenvalue weighted by Crippen LogP contribution is 2.15. The monoisotopic (exact) mass is 283 g/mol. The first kappa shape index (κ1) is 16.3. The third-order valence-electron chi connectivity index (χ3n) is 2.36. The van der Waals surface area contributed by atoms with Crippen LogP contribution in [-0.2, 0) is 4.74 Å². The zero-order valence-corrected chi connectivity index (χ0v) is 11.9. The van der Waals surface area contributed by atoms with Crippen molar-refractivity contribution < 1.29 is 19.7 Å². The molecule has 1 aromatic heterocycles. The van der Waals surface area contributed by atoms with E-state index in [4.69, 9.17) is 4.74 Å². The maximum absolute atomic E-state index is 11.4. The van der Waals surface area contributed by atoms with Crippen molar-refractivity contribution >= 4 is 6.09 Å². The van der Waals surface area contributed by atoms with Gasteiger partial charge in [0, 0.05) is 18.9 Å². The fourth-order valence-corrected chi connectivity index (χ4v) is 1.45. The van der Waals surface area contributed by atoms with E-state index in [0.29, 0.717) is 0 Å². The highest BCUT2D eigenvalue weighted by molar-refractivity contribution is 5.67. The molecule has 2 atom stereocenters. The van der Waals surface area contributed by atoms with E-state index < -0.39 is 23.9 Å². The molecule has 0 bridgehead atoms. The molecule has 3 N–H and O–H groups in total. The van der Waals surface area contributed by atoms with Gasteiger partial charge in [0.1, 0.15) is 11.7 Å². The fraction of sp³-hybridized carbons (Fsp3) is 0.615. The number of amides is 1. The van der Waals surface area contributed by atoms with Gasteiger partial charge in [0.05, 0.1) is 18.0 Å². The Labute approximate surface area is 118 Å². The van der Waals surface area contributed by atoms with E-state index in [1.165, 1.54) is 18.6 Å². The molecule has 0 aromatic carbocycles. The van der Waals surface area contributed by atoms with Crippen molar-refractivity contribution in [3.8, 4) is 0 Å². The molecule has 0 radical (unpaired) electrons. The van der Waals surface area contributed by atoms with Gasteiger partial charge in [0.15, 0.2) is 0 Å². The molecule has 0 aliphatic carbocycles. The molecule has 0 spiro atoms. The Balaban J connectivity index is 2.33. The summed E-state index contributed by atoms with van der Waals surface area (Å²) in [5.41, 5.74) is -0.278. The van der Waals surface area contributed by atoms with Crippen LogP contribution < -0.4 is 5.32 Å². The minimum absolute atomic E-state index is 0.178. The predicted molar refractivity (Wildman–Crippen MR) is 71.9 cm³/mol. The summed E-state index contributed by atoms with van der Waals surface area (Å²) in [5.74, 6) is 0. The third-order valence-corrected chi connectivity index (χ3v) is 2.36. The van der Waals surface area contributed by atoms with Gasteiger partial charge >= 0.3 is 6.09 Å². The quantitative estimate of drug-likeness (QED) is 0.738. The maximum atomic E-state index is 11.4. The predicted octanol–water partition coefficient (Wildman–Crippen LogP) is 0.786. The zero-order chi connectivity index (χ0) is 15.2. The molecule has 1 amide bonds. The van der Waals surface area contributed by atoms with Crippen molar-refractivity contribution in [1.82, 2.24) is 15.3 Å². The molecule has 7 heteroatoms. The summed E-state index contributed by atoms with van der Waals surface area (Å²) in [6, 6.07) is 0. The van der Waals surface area contributed by atoms with Crippen molar-refractivity contribution in [3.63, 3.8) is 0 Å². The lowest BCUT2D eigenvalue weighted by Gasteiger charge is -2.21. The number of nitrogens with one attached hydrogen (secondary N) is 1. The van der Waals surface area contributed by atoms with Crippen molar-refractivity contribution in [2.45, 2.75) is 45.0 Å². The van der Waals surface area contributed by atoms with E-state index in [-0.39, 0.29) is 18.7 Å². The highest BCUT2D eigenvalue weighted by Gasteiger charge is 2.20. The van der Waals surface area contributed by atoms with Crippen LogP contribution in [0.2, 0.25) is 0 Å². The second-order valence-corrected chi connectivity index (χ2v) is 5.36. The number of carbonyl (C=O) groups excluding carboxylic acids is 1. The molecule has 0 aliphatic rings. The average Bonchev–Trinajstić information content (AvgIpc) is 2.36. The van der Waals surface area contributed by atoms with Crippen LogP contribution in [0, 0.1) is 0 Å². The highest BCUT2D eigenvalue weighted by atomic mass is 16.6. The molecule has 7 nitrogen and oxygen atoms in total. The summed E-state index contributed by atoms with van der Waals surface area (Å²) in [6.07, 6.45) is 1.74. The Bertz CT molecular complexity index is 419. The van der Waals surface area contributed by atoms with Crippen LogP contribution in [0.1, 0.15) is 39.0 Å². The van der Waals surface area contributed by atoms with Crippen LogP contribution in [0.15, 0.2) is 18.6 Å². The standard InChI is InChI=1S/C13H21N3O4/c1-13(2,3)20-12(19)16-5-4-10(17)11(18)9-8-14-6-7-15-9/h6-8,10-11,17-18H,4-5H2,1-3H3,(H,16,19). The minimum Gasteiger partial charge on any atom is -0.444 e. The molecule has 112 valence electrons. The number of nitrogens with zero attached hydrogens (tertiary/aromatic N) is 2. The smallest absolute Gasteiger partial charge is 0.407 e. The maximum Gasteiger partial charge on any atom is 0.407 e. The van der Waals surface area contributed by atoms with E-state index in [2.05, 4.69) is 15.3 Å². The first-order valence-electron chi connectivity index (χ1n) is 6.38. The van der Waals surface area contributed by atoms with E-state index in [9.17, 15) is 15.0 Å². The molecular formula is C13H21N3O4. The normalized spacial score (nSPS) is 14.4. The molecule has 1 aromatic rings. The third kappa shape index (κ3) is 5.94. The van der Waals surface area contributed by atoms with E-state index >= 15 is 0 Å². The molecule has 0 aliphatic heterocycles. The van der Waals surface area contributed by atoms with Gasteiger partial charge in [-0.3, -0.25) is 9.97 Å². The number of alkyl carbamates (subject to hydrolysis) is 1. The molecular weight excluding hydrogens is 262 g/mol. The molecule has 0 saturated carbocycles. The molecule has 2 unspecified atom stereocenters. The van der Waals surface area contributed by atoms with Gasteiger partial charge in [-0.2, -0.15) is 0 Å². The SMILES string of the molecule is CC(C)(C)OC(=O)NCCC(O)C(O)c1cnccn1. The Kier molecular flexibility index (Phi) is 5.84. The van der Waals surface area contributed by atoms with E-state index in [0.717, 1.165) is 0 Å². The molecule has 1 rings (SSSR count). The Morgan fingerprint density at radius 3 is 2.65 bits per heavy atom. The van der Waals surface area contributed by atoms with Gasteiger partial charge in [-0.25, -0.2) is 4.79 Å². The van der Waals surface area contributed by atoms with Gasteiger partial charge < -0.3 is 20.3 Å². The van der Waals surface area contributed by atoms with E-state index in [1.54, 1.807) is 20.8 Å². The Morgan fingerprint density at radius 1 is 1.40 bits per heavy atom.